The van der Waals surface area contributed by atoms with E-state index in [4.69, 9.17) is 42.7 Å². The van der Waals surface area contributed by atoms with Crippen LogP contribution in [0, 0.1) is 5.92 Å². The lowest BCUT2D eigenvalue weighted by Gasteiger charge is -2.46. The van der Waals surface area contributed by atoms with Crippen molar-refractivity contribution in [2.75, 3.05) is 46.1 Å². The SMILES string of the molecule is C[C@@H]1O[C@@H](OCCNCC(CCCC(=O)ON2C(=O)CCC2=O)CCO[C@H]2O[C@H](CO[C@H]3O[C@H](CO)[C@@H](O)[C@H](O)[C@@H]3O)[C@@H](O)[C@H](O[C@H]3O[C@H](CO)[C@@H](O)[C@H](O)[C@@H]3O)[C@@H]2O)[C@@H](O)[C@H](O)[C@@H]1O. The third kappa shape index (κ3) is 13.5. The first-order chi connectivity index (χ1) is 30.9. The van der Waals surface area contributed by atoms with Crippen molar-refractivity contribution >= 4 is 17.8 Å². The molecule has 5 fully saturated rings. The molecule has 0 bridgehead atoms. The molecule has 5 rings (SSSR count). The topological polar surface area (TPSA) is 413 Å². The zero-order valence-corrected chi connectivity index (χ0v) is 35.5. The molecule has 5 aliphatic heterocycles. The third-order valence-electron chi connectivity index (χ3n) is 11.9. The summed E-state index contributed by atoms with van der Waals surface area (Å²) in [5, 5.41) is 138. The molecule has 0 aromatic rings. The van der Waals surface area contributed by atoms with E-state index >= 15 is 0 Å². The van der Waals surface area contributed by atoms with Gasteiger partial charge < -0.3 is 114 Å². The molecule has 2 amide bonds. The second-order valence-corrected chi connectivity index (χ2v) is 16.6. The van der Waals surface area contributed by atoms with E-state index in [1.54, 1.807) is 0 Å². The minimum Gasteiger partial charge on any atom is -0.394 e. The van der Waals surface area contributed by atoms with Crippen molar-refractivity contribution in [3.05, 3.63) is 0 Å². The number of imide groups is 1. The first-order valence-corrected chi connectivity index (χ1v) is 21.5. The Labute approximate surface area is 371 Å². The molecule has 14 N–H and O–H groups in total. The van der Waals surface area contributed by atoms with E-state index < -0.39 is 160 Å². The van der Waals surface area contributed by atoms with Crippen LogP contribution in [-0.2, 0) is 57.1 Å². The highest BCUT2D eigenvalue weighted by Gasteiger charge is 2.52. The summed E-state index contributed by atoms with van der Waals surface area (Å²) in [5.74, 6) is -2.42. The predicted octanol–water partition coefficient (Wildman–Crippen LogP) is -8.33. The minimum absolute atomic E-state index is 0.0163. The van der Waals surface area contributed by atoms with Crippen LogP contribution < -0.4 is 5.32 Å². The van der Waals surface area contributed by atoms with Gasteiger partial charge in [0.05, 0.1) is 39.1 Å². The van der Waals surface area contributed by atoms with E-state index in [0.29, 0.717) is 11.5 Å². The van der Waals surface area contributed by atoms with Gasteiger partial charge in [0.2, 0.25) is 0 Å². The number of rotatable bonds is 22. The lowest BCUT2D eigenvalue weighted by molar-refractivity contribution is -0.366. The van der Waals surface area contributed by atoms with Crippen LogP contribution in [0.15, 0.2) is 0 Å². The van der Waals surface area contributed by atoms with E-state index in [0.717, 1.165) is 0 Å². The van der Waals surface area contributed by atoms with Gasteiger partial charge in [-0.25, -0.2) is 4.79 Å². The van der Waals surface area contributed by atoms with E-state index in [2.05, 4.69) is 5.32 Å². The number of hydrogen-bond donors (Lipinski definition) is 14. The van der Waals surface area contributed by atoms with Crippen LogP contribution in [0.25, 0.3) is 0 Å². The summed E-state index contributed by atoms with van der Waals surface area (Å²) in [4.78, 5) is 41.3. The molecule has 27 nitrogen and oxygen atoms in total. The van der Waals surface area contributed by atoms with Gasteiger partial charge in [0.1, 0.15) is 91.6 Å². The van der Waals surface area contributed by atoms with Crippen LogP contribution >= 0.6 is 0 Å². The van der Waals surface area contributed by atoms with Crippen molar-refractivity contribution in [3.63, 3.8) is 0 Å². The van der Waals surface area contributed by atoms with Crippen molar-refractivity contribution in [1.29, 1.82) is 0 Å². The van der Waals surface area contributed by atoms with Crippen molar-refractivity contribution < 1.29 is 124 Å². The Morgan fingerprint density at radius 2 is 1.15 bits per heavy atom. The molecule has 0 aromatic carbocycles. The molecule has 0 aliphatic carbocycles. The number of hydrogen-bond acceptors (Lipinski definition) is 26. The van der Waals surface area contributed by atoms with E-state index in [-0.39, 0.29) is 64.3 Å². The highest BCUT2D eigenvalue weighted by molar-refractivity contribution is 6.01. The van der Waals surface area contributed by atoms with E-state index in [1.807, 2.05) is 0 Å². The fourth-order valence-electron chi connectivity index (χ4n) is 7.81. The lowest BCUT2D eigenvalue weighted by atomic mass is 9.96. The number of hydroxylamine groups is 2. The fourth-order valence-corrected chi connectivity index (χ4v) is 7.81. The fraction of sp³-hybridized carbons (Fsp3) is 0.921. The van der Waals surface area contributed by atoms with Gasteiger partial charge in [-0.05, 0) is 38.6 Å². The normalized spacial score (nSPS) is 42.0. The molecular formula is C38H64N2O25. The molecule has 0 saturated carbocycles. The van der Waals surface area contributed by atoms with Gasteiger partial charge in [-0.1, -0.05) is 0 Å². The number of amides is 2. The van der Waals surface area contributed by atoms with Crippen molar-refractivity contribution in [2.24, 2.45) is 5.92 Å². The zero-order valence-electron chi connectivity index (χ0n) is 35.5. The van der Waals surface area contributed by atoms with Gasteiger partial charge >= 0.3 is 5.97 Å². The third-order valence-corrected chi connectivity index (χ3v) is 11.9. The second kappa shape index (κ2) is 24.8. The van der Waals surface area contributed by atoms with Gasteiger partial charge in [0.25, 0.3) is 11.8 Å². The Morgan fingerprint density at radius 3 is 1.77 bits per heavy atom. The number of nitrogens with zero attached hydrogens (tertiary/aromatic N) is 1. The summed E-state index contributed by atoms with van der Waals surface area (Å²) in [7, 11) is 0. The second-order valence-electron chi connectivity index (χ2n) is 16.6. The summed E-state index contributed by atoms with van der Waals surface area (Å²) in [6.07, 6.45) is -31.9. The van der Waals surface area contributed by atoms with Crippen molar-refractivity contribution in [2.45, 2.75) is 168 Å². The van der Waals surface area contributed by atoms with Crippen LogP contribution in [-0.4, -0.2) is 258 Å². The largest absolute Gasteiger partial charge is 0.394 e. The molecule has 1 unspecified atom stereocenters. The first-order valence-electron chi connectivity index (χ1n) is 21.5. The van der Waals surface area contributed by atoms with Crippen LogP contribution in [0.4, 0.5) is 0 Å². The van der Waals surface area contributed by atoms with Gasteiger partial charge in [-0.15, -0.1) is 5.06 Å². The Balaban J connectivity index is 1.23. The Bertz CT molecular complexity index is 1480. The van der Waals surface area contributed by atoms with Crippen LogP contribution in [0.3, 0.4) is 0 Å². The number of nitrogens with one attached hydrogen (secondary N) is 1. The molecule has 376 valence electrons. The molecule has 21 atom stereocenters. The molecular weight excluding hydrogens is 884 g/mol. The summed E-state index contributed by atoms with van der Waals surface area (Å²) >= 11 is 0. The van der Waals surface area contributed by atoms with Crippen molar-refractivity contribution in [3.8, 4) is 0 Å². The van der Waals surface area contributed by atoms with Crippen molar-refractivity contribution in [1.82, 2.24) is 10.4 Å². The molecule has 5 heterocycles. The smallest absolute Gasteiger partial charge is 0.333 e. The van der Waals surface area contributed by atoms with Crippen LogP contribution in [0.1, 0.15) is 45.4 Å². The number of ether oxygens (including phenoxy) is 8. The maximum Gasteiger partial charge on any atom is 0.333 e. The quantitative estimate of drug-likeness (QED) is 0.0354. The highest BCUT2D eigenvalue weighted by Crippen LogP contribution is 2.32. The predicted molar refractivity (Wildman–Crippen MR) is 205 cm³/mol. The molecule has 5 aliphatic rings. The molecule has 65 heavy (non-hydrogen) atoms. The summed E-state index contributed by atoms with van der Waals surface area (Å²) in [6, 6.07) is 0. The average molecular weight is 949 g/mol. The average Bonchev–Trinajstić information content (AvgIpc) is 3.60. The molecule has 0 spiro atoms. The number of carbonyl (C=O) groups is 3. The number of aliphatic hydroxyl groups excluding tert-OH is 13. The molecule has 0 aromatic heterocycles. The maximum atomic E-state index is 12.5. The Hall–Kier alpha value is -2.27. The van der Waals surface area contributed by atoms with Crippen LogP contribution in [0.5, 0.6) is 0 Å². The number of carbonyl (C=O) groups excluding carboxylic acids is 3. The van der Waals surface area contributed by atoms with E-state index in [1.165, 1.54) is 6.92 Å². The van der Waals surface area contributed by atoms with Gasteiger partial charge in [-0.2, -0.15) is 0 Å². The summed E-state index contributed by atoms with van der Waals surface area (Å²) in [6.45, 7) is -0.522. The van der Waals surface area contributed by atoms with Gasteiger partial charge in [0, 0.05) is 25.8 Å². The summed E-state index contributed by atoms with van der Waals surface area (Å²) < 4.78 is 44.9. The standard InChI is InChI=1S/C38H64N2O25/c1-15-23(46)27(50)30(53)35(60-15)58-10-8-39-11-16(3-2-4-22(45)65-40-20(43)5-6-21(40)44)7-9-57-37-33(56)34(64-38-32(55)29(52)25(48)18(13-42)62-38)26(49)19(63-37)14-59-36-31(54)28(51)24(47)17(12-41)61-36/h15-19,23-39,41-42,46-56H,2-14H2,1H3/t15-,16?,17+,18+,19+,23+,24+,25+,26+,27+,28-,29-,30-,31-,32-,33-,34-,35+,36-,37-,38+/m0/s1. The van der Waals surface area contributed by atoms with Crippen LogP contribution in [0.2, 0.25) is 0 Å². The number of aliphatic hydroxyl groups is 13. The monoisotopic (exact) mass is 948 g/mol. The first kappa shape index (κ1) is 53.7. The van der Waals surface area contributed by atoms with E-state index in [9.17, 15) is 80.8 Å². The van der Waals surface area contributed by atoms with Gasteiger partial charge in [0.15, 0.2) is 25.2 Å². The molecule has 5 saturated heterocycles. The Morgan fingerprint density at radius 1 is 0.631 bits per heavy atom. The maximum absolute atomic E-state index is 12.5. The highest BCUT2D eigenvalue weighted by atomic mass is 16.8. The molecule has 0 radical (unpaired) electrons. The summed E-state index contributed by atoms with van der Waals surface area (Å²) in [5.41, 5.74) is 0. The molecule has 27 heteroatoms. The van der Waals surface area contributed by atoms with Gasteiger partial charge in [-0.3, -0.25) is 9.59 Å². The minimum atomic E-state index is -1.95. The lowest BCUT2D eigenvalue weighted by Crippen LogP contribution is -2.65. The zero-order chi connectivity index (χ0) is 47.7. The Kier molecular flexibility index (Phi) is 20.5.